The molecule has 2 aliphatic rings. The van der Waals surface area contributed by atoms with Gasteiger partial charge in [0.05, 0.1) is 21.3 Å². The zero-order chi connectivity index (χ0) is 20.0. The number of anilines is 1. The first-order valence-corrected chi connectivity index (χ1v) is 12.3. The van der Waals surface area contributed by atoms with Gasteiger partial charge in [-0.3, -0.25) is 0 Å². The fourth-order valence-electron chi connectivity index (χ4n) is 4.39. The van der Waals surface area contributed by atoms with Crippen LogP contribution in [0.1, 0.15) is 38.1 Å². The van der Waals surface area contributed by atoms with E-state index in [9.17, 15) is 0 Å². The van der Waals surface area contributed by atoms with E-state index in [0.717, 1.165) is 37.4 Å². The molecule has 2 heterocycles. The van der Waals surface area contributed by atoms with Crippen LogP contribution in [-0.4, -0.2) is 6.54 Å². The van der Waals surface area contributed by atoms with E-state index in [-0.39, 0.29) is 24.0 Å². The number of rotatable bonds is 3. The van der Waals surface area contributed by atoms with Gasteiger partial charge in [0.2, 0.25) is 5.52 Å². The summed E-state index contributed by atoms with van der Waals surface area (Å²) in [5, 5.41) is 3.61. The van der Waals surface area contributed by atoms with Crippen LogP contribution in [0.3, 0.4) is 0 Å². The van der Waals surface area contributed by atoms with Gasteiger partial charge in [-0.05, 0) is 51.3 Å². The van der Waals surface area contributed by atoms with Crippen LogP contribution < -0.4 is 33.4 Å². The standard InChI is InChI=1S/C24H24ClN2S2.HI/c1-3-26-18-12-5-7-14-20(18)28-23(26)16-10-9-11-17(22(16)25)24-27(4-2)19-13-6-8-15-21(19)29-24;/h5-8,12-15H,3-4,9-11H2,1-2H3;1H/q+1;/p-1. The van der Waals surface area contributed by atoms with E-state index in [1.54, 1.807) is 0 Å². The Labute approximate surface area is 208 Å². The molecular formula is C24H24ClIN2S2. The van der Waals surface area contributed by atoms with Gasteiger partial charge < -0.3 is 28.9 Å². The van der Waals surface area contributed by atoms with Gasteiger partial charge in [-0.1, -0.05) is 59.0 Å². The summed E-state index contributed by atoms with van der Waals surface area (Å²) in [7, 11) is 0. The first kappa shape index (κ1) is 22.2. The quantitative estimate of drug-likeness (QED) is 0.347. The lowest BCUT2D eigenvalue weighted by molar-refractivity contribution is -0.665. The maximum Gasteiger partial charge on any atom is 0.267 e. The maximum atomic E-state index is 7.16. The third-order valence-electron chi connectivity index (χ3n) is 5.75. The monoisotopic (exact) mass is 566 g/mol. The van der Waals surface area contributed by atoms with E-state index in [4.69, 9.17) is 11.6 Å². The molecule has 30 heavy (non-hydrogen) atoms. The SMILES string of the molecule is CCN1/C(=C2\CCCC(c3sc4ccccc4[n+]3CC)=C2Cl)Sc2ccccc21.[I-]. The summed E-state index contributed by atoms with van der Waals surface area (Å²) in [6.45, 7) is 6.36. The van der Waals surface area contributed by atoms with Crippen molar-refractivity contribution < 1.29 is 28.5 Å². The number of thioether (sulfide) groups is 1. The van der Waals surface area contributed by atoms with Gasteiger partial charge in [-0.25, -0.2) is 0 Å². The molecule has 0 N–H and O–H groups in total. The number of hydrogen-bond donors (Lipinski definition) is 0. The summed E-state index contributed by atoms with van der Waals surface area (Å²) in [5.74, 6) is 0. The molecule has 1 aromatic heterocycles. The third-order valence-corrected chi connectivity index (χ3v) is 8.65. The normalized spacial score (nSPS) is 18.7. The number of fused-ring (bicyclic) bond motifs is 2. The van der Waals surface area contributed by atoms with Crippen LogP contribution in [0.4, 0.5) is 5.69 Å². The number of halogens is 2. The average molecular weight is 567 g/mol. The molecule has 0 fully saturated rings. The minimum Gasteiger partial charge on any atom is -1.00 e. The lowest BCUT2D eigenvalue weighted by Gasteiger charge is -2.24. The van der Waals surface area contributed by atoms with E-state index in [0.29, 0.717) is 0 Å². The lowest BCUT2D eigenvalue weighted by Crippen LogP contribution is -3.00. The number of aryl methyl sites for hydroxylation is 1. The molecule has 0 radical (unpaired) electrons. The third kappa shape index (κ3) is 3.61. The Kier molecular flexibility index (Phi) is 6.82. The lowest BCUT2D eigenvalue weighted by atomic mass is 9.95. The van der Waals surface area contributed by atoms with Crippen LogP contribution in [0.15, 0.2) is 69.1 Å². The molecule has 0 saturated heterocycles. The zero-order valence-electron chi connectivity index (χ0n) is 17.1. The van der Waals surface area contributed by atoms with Crippen molar-refractivity contribution in [2.75, 3.05) is 11.4 Å². The van der Waals surface area contributed by atoms with Gasteiger partial charge in [-0.2, -0.15) is 4.57 Å². The topological polar surface area (TPSA) is 7.12 Å². The molecule has 0 saturated carbocycles. The van der Waals surface area contributed by atoms with Gasteiger partial charge in [0, 0.05) is 23.1 Å². The summed E-state index contributed by atoms with van der Waals surface area (Å²) < 4.78 is 3.76. The molecule has 0 spiro atoms. The highest BCUT2D eigenvalue weighted by Gasteiger charge is 2.33. The molecule has 3 aromatic rings. The maximum absolute atomic E-state index is 7.16. The Morgan fingerprint density at radius 3 is 2.53 bits per heavy atom. The molecule has 0 amide bonds. The van der Waals surface area contributed by atoms with E-state index in [2.05, 4.69) is 71.8 Å². The Morgan fingerprint density at radius 1 is 1.00 bits per heavy atom. The molecule has 0 atom stereocenters. The Morgan fingerprint density at radius 2 is 1.73 bits per heavy atom. The Bertz CT molecular complexity index is 1160. The smallest absolute Gasteiger partial charge is 0.267 e. The van der Waals surface area contributed by atoms with Gasteiger partial charge in [0.15, 0.2) is 0 Å². The molecule has 156 valence electrons. The summed E-state index contributed by atoms with van der Waals surface area (Å²) in [4.78, 5) is 3.76. The molecule has 2 aromatic carbocycles. The van der Waals surface area contributed by atoms with Crippen molar-refractivity contribution in [1.29, 1.82) is 0 Å². The minimum absolute atomic E-state index is 0. The second-order valence-corrected chi connectivity index (χ2v) is 9.80. The number of hydrogen-bond acceptors (Lipinski definition) is 3. The minimum atomic E-state index is 0. The van der Waals surface area contributed by atoms with Crippen molar-refractivity contribution in [1.82, 2.24) is 0 Å². The van der Waals surface area contributed by atoms with Crippen LogP contribution in [0.25, 0.3) is 15.8 Å². The summed E-state index contributed by atoms with van der Waals surface area (Å²) in [6, 6.07) is 17.4. The first-order valence-electron chi connectivity index (χ1n) is 10.3. The van der Waals surface area contributed by atoms with Gasteiger partial charge in [-0.15, -0.1) is 0 Å². The highest BCUT2D eigenvalue weighted by atomic mass is 127. The van der Waals surface area contributed by atoms with Gasteiger partial charge in [0.25, 0.3) is 5.01 Å². The Hall–Kier alpha value is -1.02. The predicted molar refractivity (Wildman–Crippen MR) is 127 cm³/mol. The molecule has 1 aliphatic carbocycles. The number of benzene rings is 2. The van der Waals surface area contributed by atoms with Crippen LogP contribution in [0, 0.1) is 0 Å². The largest absolute Gasteiger partial charge is 1.00 e. The van der Waals surface area contributed by atoms with Crippen LogP contribution >= 0.6 is 34.7 Å². The van der Waals surface area contributed by atoms with Crippen molar-refractivity contribution >= 4 is 56.2 Å². The van der Waals surface area contributed by atoms with Crippen LogP contribution in [0.2, 0.25) is 0 Å². The fraction of sp³-hybridized carbons (Fsp3) is 0.292. The molecule has 2 nitrogen and oxygen atoms in total. The number of nitrogens with zero attached hydrogens (tertiary/aromatic N) is 2. The van der Waals surface area contributed by atoms with Crippen molar-refractivity contribution in [2.45, 2.75) is 44.6 Å². The van der Waals surface area contributed by atoms with Gasteiger partial charge >= 0.3 is 0 Å². The summed E-state index contributed by atoms with van der Waals surface area (Å²) in [5.41, 5.74) is 5.25. The summed E-state index contributed by atoms with van der Waals surface area (Å²) in [6.07, 6.45) is 3.25. The molecule has 5 rings (SSSR count). The molecule has 6 heteroatoms. The predicted octanol–water partition coefficient (Wildman–Crippen LogP) is 4.19. The Balaban J connectivity index is 0.00000218. The highest BCUT2D eigenvalue weighted by molar-refractivity contribution is 8.03. The van der Waals surface area contributed by atoms with Crippen LogP contribution in [-0.2, 0) is 6.54 Å². The van der Waals surface area contributed by atoms with Crippen molar-refractivity contribution in [3.05, 3.63) is 69.2 Å². The molecule has 0 bridgehead atoms. The van der Waals surface area contributed by atoms with E-state index < -0.39 is 0 Å². The number of thiazole rings is 1. The van der Waals surface area contributed by atoms with E-state index in [1.165, 1.54) is 42.0 Å². The molecular weight excluding hydrogens is 543 g/mol. The first-order chi connectivity index (χ1) is 14.2. The zero-order valence-corrected chi connectivity index (χ0v) is 21.7. The van der Waals surface area contributed by atoms with Crippen molar-refractivity contribution in [3.63, 3.8) is 0 Å². The van der Waals surface area contributed by atoms with Gasteiger partial charge in [0.1, 0.15) is 11.2 Å². The summed E-state index contributed by atoms with van der Waals surface area (Å²) >= 11 is 10.9. The molecule has 1 aliphatic heterocycles. The fourth-order valence-corrected chi connectivity index (χ4v) is 7.48. The van der Waals surface area contributed by atoms with E-state index in [1.807, 2.05) is 23.1 Å². The number of allylic oxidation sites excluding steroid dienone is 3. The second kappa shape index (κ2) is 9.23. The molecule has 0 unspecified atom stereocenters. The average Bonchev–Trinajstić information content (AvgIpc) is 3.31. The highest BCUT2D eigenvalue weighted by Crippen LogP contribution is 2.51. The van der Waals surface area contributed by atoms with E-state index >= 15 is 0 Å². The number of aromatic nitrogens is 1. The van der Waals surface area contributed by atoms with Crippen LogP contribution in [0.5, 0.6) is 0 Å². The second-order valence-electron chi connectivity index (χ2n) is 7.36. The van der Waals surface area contributed by atoms with Crippen molar-refractivity contribution in [2.24, 2.45) is 0 Å². The van der Waals surface area contributed by atoms with Crippen molar-refractivity contribution in [3.8, 4) is 0 Å². The number of para-hydroxylation sites is 2.